The maximum atomic E-state index is 13.7. The summed E-state index contributed by atoms with van der Waals surface area (Å²) in [7, 11) is -5.94. The second-order valence-corrected chi connectivity index (χ2v) is 10.9. The minimum Gasteiger partial charge on any atom is -0.256 e. The molecule has 36 heavy (non-hydrogen) atoms. The lowest BCUT2D eigenvalue weighted by Gasteiger charge is -2.14. The van der Waals surface area contributed by atoms with Crippen molar-refractivity contribution >= 4 is 46.6 Å². The van der Waals surface area contributed by atoms with Gasteiger partial charge in [-0.3, -0.25) is 4.98 Å². The van der Waals surface area contributed by atoms with E-state index in [1.807, 2.05) is 18.3 Å². The van der Waals surface area contributed by atoms with Gasteiger partial charge in [-0.2, -0.15) is 0 Å². The van der Waals surface area contributed by atoms with Gasteiger partial charge >= 0.3 is 9.08 Å². The summed E-state index contributed by atoms with van der Waals surface area (Å²) in [5.74, 6) is 0. The Morgan fingerprint density at radius 2 is 1.31 bits per heavy atom. The van der Waals surface area contributed by atoms with Crippen LogP contribution >= 0.6 is 0 Å². The normalized spacial score (nSPS) is 12.0. The molecule has 0 atom stereocenters. The number of aromatic nitrogens is 1. The van der Waals surface area contributed by atoms with Gasteiger partial charge in [-0.25, -0.2) is 12.3 Å². The third-order valence-corrected chi connectivity index (χ3v) is 7.84. The number of aryl methyl sites for hydroxylation is 2. The fourth-order valence-corrected chi connectivity index (χ4v) is 6.10. The molecule has 1 aromatic heterocycles. The minimum atomic E-state index is -5.94. The van der Waals surface area contributed by atoms with Crippen LogP contribution in [0, 0.1) is 13.8 Å². The Morgan fingerprint density at radius 3 is 2.06 bits per heavy atom. The van der Waals surface area contributed by atoms with Gasteiger partial charge in [-0.1, -0.05) is 77.9 Å². The third kappa shape index (κ3) is 3.76. The van der Waals surface area contributed by atoms with E-state index in [0.29, 0.717) is 5.39 Å². The molecule has 0 N–H and O–H groups in total. The van der Waals surface area contributed by atoms with Gasteiger partial charge in [0.2, 0.25) is 0 Å². The number of benzene rings is 5. The molecule has 1 nitrogen and oxygen atoms in total. The van der Waals surface area contributed by atoms with Gasteiger partial charge in [0, 0.05) is 22.3 Å². The van der Waals surface area contributed by atoms with Crippen LogP contribution in [0.15, 0.2) is 97.2 Å². The molecule has 6 aromatic rings. The standard InChI is InChI=1S/C31H22F3NSi/c1-19-15-20(2)17-23(16-19)31-29-10-8-22-18-21(7-9-24(22)27(29)13-14-35-31)25-11-12-30(36(32,33)34)28-6-4-3-5-26(25)28/h3-18H,1-2H3. The summed E-state index contributed by atoms with van der Waals surface area (Å²) in [6.45, 7) is 4.18. The monoisotopic (exact) mass is 493 g/mol. The number of rotatable bonds is 3. The lowest BCUT2D eigenvalue weighted by atomic mass is 9.93. The Hall–Kier alpha value is -3.96. The molecule has 1 heterocycles. The van der Waals surface area contributed by atoms with Crippen molar-refractivity contribution in [3.8, 4) is 22.4 Å². The largest absolute Gasteiger partial charge is 0.653 e. The van der Waals surface area contributed by atoms with E-state index in [2.05, 4.69) is 56.3 Å². The van der Waals surface area contributed by atoms with Crippen molar-refractivity contribution in [2.45, 2.75) is 13.8 Å². The fraction of sp³-hybridized carbons (Fsp3) is 0.0645. The number of pyridine rings is 1. The molecule has 0 unspecified atom stereocenters. The molecule has 6 rings (SSSR count). The molecule has 0 saturated heterocycles. The van der Waals surface area contributed by atoms with E-state index in [1.165, 1.54) is 17.2 Å². The van der Waals surface area contributed by atoms with Crippen molar-refractivity contribution in [3.63, 3.8) is 0 Å². The number of nitrogens with zero attached hydrogens (tertiary/aromatic N) is 1. The topological polar surface area (TPSA) is 12.9 Å². The molecule has 5 aromatic carbocycles. The van der Waals surface area contributed by atoms with Crippen molar-refractivity contribution in [2.24, 2.45) is 0 Å². The molecule has 0 saturated carbocycles. The number of halogens is 3. The van der Waals surface area contributed by atoms with Crippen LogP contribution in [-0.2, 0) is 0 Å². The van der Waals surface area contributed by atoms with Crippen molar-refractivity contribution in [3.05, 3.63) is 108 Å². The second-order valence-electron chi connectivity index (χ2n) is 9.34. The van der Waals surface area contributed by atoms with E-state index in [0.717, 1.165) is 43.9 Å². The third-order valence-electron chi connectivity index (χ3n) is 6.80. The van der Waals surface area contributed by atoms with Gasteiger partial charge in [0.15, 0.2) is 0 Å². The zero-order valence-corrected chi connectivity index (χ0v) is 20.8. The Balaban J connectivity index is 1.54. The van der Waals surface area contributed by atoms with Crippen LogP contribution in [0.5, 0.6) is 0 Å². The molecule has 0 amide bonds. The van der Waals surface area contributed by atoms with Gasteiger partial charge in [0.1, 0.15) is 0 Å². The summed E-state index contributed by atoms with van der Waals surface area (Å²) < 4.78 is 41.2. The fourth-order valence-electron chi connectivity index (χ4n) is 5.30. The SMILES string of the molecule is Cc1cc(C)cc(-c2nccc3c2ccc2cc(-c4ccc([Si](F)(F)F)c5ccccc45)ccc23)c1. The highest BCUT2D eigenvalue weighted by atomic mass is 28.5. The number of hydrogen-bond donors (Lipinski definition) is 0. The van der Waals surface area contributed by atoms with E-state index in [-0.39, 0.29) is 5.39 Å². The van der Waals surface area contributed by atoms with Crippen molar-refractivity contribution in [1.29, 1.82) is 0 Å². The van der Waals surface area contributed by atoms with Gasteiger partial charge in [-0.05, 0) is 76.2 Å². The Bertz CT molecular complexity index is 1780. The van der Waals surface area contributed by atoms with E-state index < -0.39 is 14.3 Å². The van der Waals surface area contributed by atoms with Gasteiger partial charge in [0.25, 0.3) is 0 Å². The first kappa shape index (κ1) is 22.5. The summed E-state index contributed by atoms with van der Waals surface area (Å²) in [5, 5.41) is 4.74. The van der Waals surface area contributed by atoms with Crippen LogP contribution in [0.3, 0.4) is 0 Å². The molecule has 0 radical (unpaired) electrons. The van der Waals surface area contributed by atoms with Crippen LogP contribution in [0.4, 0.5) is 12.3 Å². The minimum absolute atomic E-state index is 0.275. The highest BCUT2D eigenvalue weighted by Gasteiger charge is 2.41. The Morgan fingerprint density at radius 1 is 0.583 bits per heavy atom. The smallest absolute Gasteiger partial charge is 0.256 e. The Kier molecular flexibility index (Phi) is 5.20. The van der Waals surface area contributed by atoms with Crippen molar-refractivity contribution < 1.29 is 12.3 Å². The first-order valence-electron chi connectivity index (χ1n) is 11.8. The molecule has 176 valence electrons. The van der Waals surface area contributed by atoms with E-state index in [1.54, 1.807) is 30.3 Å². The number of fused-ring (bicyclic) bond motifs is 4. The maximum Gasteiger partial charge on any atom is 0.653 e. The maximum absolute atomic E-state index is 13.7. The highest BCUT2D eigenvalue weighted by Crippen LogP contribution is 2.36. The number of hydrogen-bond acceptors (Lipinski definition) is 1. The average molecular weight is 494 g/mol. The van der Waals surface area contributed by atoms with Crippen LogP contribution in [0.2, 0.25) is 0 Å². The molecular weight excluding hydrogens is 471 g/mol. The van der Waals surface area contributed by atoms with Gasteiger partial charge in [-0.15, -0.1) is 0 Å². The molecule has 0 fully saturated rings. The lowest BCUT2D eigenvalue weighted by molar-refractivity contribution is 0.502. The summed E-state index contributed by atoms with van der Waals surface area (Å²) in [6.07, 6.45) is 1.84. The predicted molar refractivity (Wildman–Crippen MR) is 146 cm³/mol. The zero-order valence-electron chi connectivity index (χ0n) is 19.8. The lowest BCUT2D eigenvalue weighted by Crippen LogP contribution is -2.34. The zero-order chi connectivity index (χ0) is 25.0. The quantitative estimate of drug-likeness (QED) is 0.137. The van der Waals surface area contributed by atoms with Crippen molar-refractivity contribution in [1.82, 2.24) is 4.98 Å². The average Bonchev–Trinajstić information content (AvgIpc) is 2.86. The molecule has 5 heteroatoms. The molecule has 0 aliphatic heterocycles. The summed E-state index contributed by atoms with van der Waals surface area (Å²) in [5.41, 5.74) is 6.13. The first-order chi connectivity index (χ1) is 17.3. The van der Waals surface area contributed by atoms with Crippen LogP contribution in [0.25, 0.3) is 54.7 Å². The molecule has 0 spiro atoms. The Labute approximate surface area is 208 Å². The van der Waals surface area contributed by atoms with Gasteiger partial charge in [0.05, 0.1) is 5.69 Å². The van der Waals surface area contributed by atoms with E-state index in [4.69, 9.17) is 4.98 Å². The second kappa shape index (κ2) is 8.31. The van der Waals surface area contributed by atoms with Crippen LogP contribution in [-0.4, -0.2) is 14.1 Å². The van der Waals surface area contributed by atoms with Gasteiger partial charge < -0.3 is 0 Å². The van der Waals surface area contributed by atoms with E-state index >= 15 is 0 Å². The summed E-state index contributed by atoms with van der Waals surface area (Å²) >= 11 is 0. The van der Waals surface area contributed by atoms with Crippen LogP contribution in [0.1, 0.15) is 11.1 Å². The predicted octanol–water partition coefficient (Wildman–Crippen LogP) is 8.55. The van der Waals surface area contributed by atoms with E-state index in [9.17, 15) is 12.3 Å². The molecule has 0 aliphatic rings. The van der Waals surface area contributed by atoms with Crippen molar-refractivity contribution in [2.75, 3.05) is 0 Å². The highest BCUT2D eigenvalue weighted by molar-refractivity contribution is 6.76. The summed E-state index contributed by atoms with van der Waals surface area (Å²) in [4.78, 5) is 4.70. The molecule has 0 bridgehead atoms. The summed E-state index contributed by atoms with van der Waals surface area (Å²) in [6, 6.07) is 28.5. The first-order valence-corrected chi connectivity index (χ1v) is 13.4. The molecular formula is C31H22F3NSi. The molecule has 0 aliphatic carbocycles. The van der Waals surface area contributed by atoms with Crippen LogP contribution < -0.4 is 5.19 Å².